The Bertz CT molecular complexity index is 416. The molecular weight excluding hydrogens is 356 g/mol. The first-order valence-corrected chi connectivity index (χ1v) is 13.3. The summed E-state index contributed by atoms with van der Waals surface area (Å²) in [6.07, 6.45) is 23.3. The molecule has 0 aromatic heterocycles. The summed E-state index contributed by atoms with van der Waals surface area (Å²) in [6, 6.07) is 0. The van der Waals surface area contributed by atoms with Crippen molar-refractivity contribution in [2.45, 2.75) is 142 Å². The van der Waals surface area contributed by atoms with Gasteiger partial charge in [0.2, 0.25) is 0 Å². The maximum Gasteiger partial charge on any atom is 0.309 e. The Morgan fingerprint density at radius 3 is 2.07 bits per heavy atom. The van der Waals surface area contributed by atoms with Crippen LogP contribution in [0.1, 0.15) is 136 Å². The minimum absolute atomic E-state index is 0.130. The average molecular weight is 407 g/mol. The molecule has 0 aliphatic heterocycles. The van der Waals surface area contributed by atoms with Gasteiger partial charge in [0.1, 0.15) is 6.10 Å². The van der Waals surface area contributed by atoms with Crippen molar-refractivity contribution in [1.29, 1.82) is 0 Å². The molecule has 0 radical (unpaired) electrons. The molecule has 2 nitrogen and oxygen atoms in total. The molecule has 0 saturated heterocycles. The molecule has 170 valence electrons. The number of carbonyl (C=O) groups excluding carboxylic acids is 1. The second-order valence-corrected chi connectivity index (χ2v) is 10.5. The summed E-state index contributed by atoms with van der Waals surface area (Å²) >= 11 is 0. The zero-order valence-corrected chi connectivity index (χ0v) is 19.9. The third-order valence-corrected chi connectivity index (χ3v) is 7.76. The van der Waals surface area contributed by atoms with Crippen LogP contribution in [0.3, 0.4) is 0 Å². The summed E-state index contributed by atoms with van der Waals surface area (Å²) in [5.41, 5.74) is 0. The van der Waals surface area contributed by atoms with E-state index in [0.29, 0.717) is 0 Å². The molecule has 2 heteroatoms. The molecule has 1 unspecified atom stereocenters. The lowest BCUT2D eigenvalue weighted by Crippen LogP contribution is -2.30. The molecule has 1 atom stereocenters. The number of hydrogen-bond donors (Lipinski definition) is 0. The number of carbonyl (C=O) groups is 1. The Labute approximate surface area is 181 Å². The molecular formula is C27H50O2. The lowest BCUT2D eigenvalue weighted by atomic mass is 9.77. The van der Waals surface area contributed by atoms with Crippen LogP contribution in [0.25, 0.3) is 0 Å². The molecule has 2 saturated carbocycles. The van der Waals surface area contributed by atoms with Crippen LogP contribution in [0.2, 0.25) is 0 Å². The van der Waals surface area contributed by atoms with E-state index in [1.807, 2.05) is 0 Å². The van der Waals surface area contributed by atoms with Gasteiger partial charge in [-0.15, -0.1) is 0 Å². The monoisotopic (exact) mass is 406 g/mol. The second kappa shape index (κ2) is 14.5. The second-order valence-electron chi connectivity index (χ2n) is 10.5. The van der Waals surface area contributed by atoms with Gasteiger partial charge in [-0.05, 0) is 75.5 Å². The third-order valence-electron chi connectivity index (χ3n) is 7.76. The van der Waals surface area contributed by atoms with Gasteiger partial charge in [0, 0.05) is 0 Å². The summed E-state index contributed by atoms with van der Waals surface area (Å²) in [6.45, 7) is 7.00. The van der Waals surface area contributed by atoms with Gasteiger partial charge in [-0.1, -0.05) is 78.6 Å². The number of hydrogen-bond acceptors (Lipinski definition) is 2. The first kappa shape index (κ1) is 24.7. The molecule has 0 aromatic rings. The molecule has 2 rings (SSSR count). The van der Waals surface area contributed by atoms with Crippen molar-refractivity contribution < 1.29 is 9.53 Å². The van der Waals surface area contributed by atoms with Crippen LogP contribution in [0, 0.1) is 23.7 Å². The maximum atomic E-state index is 12.7. The first-order valence-electron chi connectivity index (χ1n) is 13.3. The van der Waals surface area contributed by atoms with E-state index in [9.17, 15) is 4.79 Å². The van der Waals surface area contributed by atoms with Crippen LogP contribution in [0.15, 0.2) is 0 Å². The minimum atomic E-state index is 0.130. The van der Waals surface area contributed by atoms with E-state index < -0.39 is 0 Å². The highest BCUT2D eigenvalue weighted by atomic mass is 16.5. The highest BCUT2D eigenvalue weighted by Gasteiger charge is 2.31. The Hall–Kier alpha value is -0.530. The van der Waals surface area contributed by atoms with Gasteiger partial charge in [0.05, 0.1) is 5.92 Å². The Morgan fingerprint density at radius 1 is 0.793 bits per heavy atom. The normalized spacial score (nSPS) is 28.8. The molecule has 0 spiro atoms. The topological polar surface area (TPSA) is 26.3 Å². The summed E-state index contributed by atoms with van der Waals surface area (Å²) in [5, 5.41) is 0. The number of unbranched alkanes of at least 4 members (excludes halogenated alkanes) is 5. The quantitative estimate of drug-likeness (QED) is 0.226. The van der Waals surface area contributed by atoms with Gasteiger partial charge >= 0.3 is 5.97 Å². The zero-order chi connectivity index (χ0) is 20.9. The third kappa shape index (κ3) is 9.88. The fraction of sp³-hybridized carbons (Fsp3) is 0.963. The summed E-state index contributed by atoms with van der Waals surface area (Å²) in [7, 11) is 0. The van der Waals surface area contributed by atoms with E-state index in [1.54, 1.807) is 0 Å². The van der Waals surface area contributed by atoms with Gasteiger partial charge in [0.15, 0.2) is 0 Å². The van der Waals surface area contributed by atoms with Gasteiger partial charge in [-0.2, -0.15) is 0 Å². The van der Waals surface area contributed by atoms with Crippen molar-refractivity contribution in [3.63, 3.8) is 0 Å². The minimum Gasteiger partial charge on any atom is -0.462 e. The molecule has 0 amide bonds. The molecule has 2 aliphatic rings. The van der Waals surface area contributed by atoms with Crippen molar-refractivity contribution in [3.05, 3.63) is 0 Å². The van der Waals surface area contributed by atoms with Crippen LogP contribution in [0.5, 0.6) is 0 Å². The maximum absolute atomic E-state index is 12.7. The number of rotatable bonds is 13. The van der Waals surface area contributed by atoms with Crippen LogP contribution in [-0.4, -0.2) is 12.1 Å². The molecule has 2 aliphatic carbocycles. The summed E-state index contributed by atoms with van der Waals surface area (Å²) in [4.78, 5) is 12.7. The van der Waals surface area contributed by atoms with Crippen molar-refractivity contribution in [2.75, 3.05) is 0 Å². The van der Waals surface area contributed by atoms with Crippen LogP contribution in [-0.2, 0) is 9.53 Å². The predicted octanol–water partition coefficient (Wildman–Crippen LogP) is 8.47. The fourth-order valence-corrected chi connectivity index (χ4v) is 5.72. The molecule has 2 fully saturated rings. The Kier molecular flexibility index (Phi) is 12.3. The van der Waals surface area contributed by atoms with Crippen LogP contribution < -0.4 is 0 Å². The fourth-order valence-electron chi connectivity index (χ4n) is 5.72. The molecule has 0 N–H and O–H groups in total. The Morgan fingerprint density at radius 2 is 1.41 bits per heavy atom. The van der Waals surface area contributed by atoms with E-state index in [1.165, 1.54) is 89.9 Å². The van der Waals surface area contributed by atoms with Crippen molar-refractivity contribution in [3.8, 4) is 0 Å². The van der Waals surface area contributed by atoms with E-state index in [2.05, 4.69) is 20.8 Å². The van der Waals surface area contributed by atoms with Crippen LogP contribution >= 0.6 is 0 Å². The van der Waals surface area contributed by atoms with Gasteiger partial charge in [-0.3, -0.25) is 4.79 Å². The molecule has 0 aromatic carbocycles. The van der Waals surface area contributed by atoms with Gasteiger partial charge in [0.25, 0.3) is 0 Å². The SMILES string of the molecule is CCCCCCC(C)CC1CCC(C(=O)OC2CCC(CCCCC)CC2)CC1. The van der Waals surface area contributed by atoms with Crippen LogP contribution in [0.4, 0.5) is 0 Å². The van der Waals surface area contributed by atoms with E-state index in [-0.39, 0.29) is 18.0 Å². The van der Waals surface area contributed by atoms with E-state index in [0.717, 1.165) is 43.4 Å². The standard InChI is InChI=1S/C27H50O2/c1-4-6-8-10-11-22(3)21-24-13-17-25(18-14-24)27(28)29-26-19-15-23(16-20-26)12-9-7-5-2/h22-26H,4-21H2,1-3H3. The first-order chi connectivity index (χ1) is 14.1. The number of esters is 1. The largest absolute Gasteiger partial charge is 0.462 e. The predicted molar refractivity (Wildman–Crippen MR) is 124 cm³/mol. The smallest absolute Gasteiger partial charge is 0.309 e. The zero-order valence-electron chi connectivity index (χ0n) is 19.9. The lowest BCUT2D eigenvalue weighted by molar-refractivity contribution is -0.157. The van der Waals surface area contributed by atoms with Gasteiger partial charge in [-0.25, -0.2) is 0 Å². The highest BCUT2D eigenvalue weighted by molar-refractivity contribution is 5.72. The molecule has 0 bridgehead atoms. The van der Waals surface area contributed by atoms with Crippen molar-refractivity contribution in [1.82, 2.24) is 0 Å². The van der Waals surface area contributed by atoms with E-state index in [4.69, 9.17) is 4.74 Å². The Balaban J connectivity index is 1.56. The number of ether oxygens (including phenoxy) is 1. The summed E-state index contributed by atoms with van der Waals surface area (Å²) < 4.78 is 5.96. The lowest BCUT2D eigenvalue weighted by Gasteiger charge is -2.32. The van der Waals surface area contributed by atoms with E-state index >= 15 is 0 Å². The van der Waals surface area contributed by atoms with Gasteiger partial charge < -0.3 is 4.74 Å². The average Bonchev–Trinajstić information content (AvgIpc) is 2.73. The summed E-state index contributed by atoms with van der Waals surface area (Å²) in [5.74, 6) is 2.90. The highest BCUT2D eigenvalue weighted by Crippen LogP contribution is 2.36. The van der Waals surface area contributed by atoms with Crippen molar-refractivity contribution >= 4 is 5.97 Å². The molecule has 29 heavy (non-hydrogen) atoms. The molecule has 0 heterocycles. The van der Waals surface area contributed by atoms with Crippen molar-refractivity contribution in [2.24, 2.45) is 23.7 Å².